The maximum Gasteiger partial charge on any atom is 0.182 e. The Morgan fingerprint density at radius 2 is 2.00 bits per heavy atom. The van der Waals surface area contributed by atoms with Crippen molar-refractivity contribution in [3.05, 3.63) is 30.1 Å². The number of likely N-dealkylation sites (N-methyl/N-ethyl adjacent to an activating group) is 1. The van der Waals surface area contributed by atoms with Crippen LogP contribution in [-0.2, 0) is 7.05 Å². The van der Waals surface area contributed by atoms with Gasteiger partial charge in [-0.05, 0) is 33.2 Å². The highest BCUT2D eigenvalue weighted by Gasteiger charge is 2.35. The molecule has 1 saturated heterocycles. The largest absolute Gasteiger partial charge is 0.390 e. The van der Waals surface area contributed by atoms with Crippen LogP contribution in [0.5, 0.6) is 0 Å². The number of pyridine rings is 1. The van der Waals surface area contributed by atoms with Crippen molar-refractivity contribution in [2.75, 3.05) is 32.1 Å². The van der Waals surface area contributed by atoms with E-state index in [-0.39, 0.29) is 6.04 Å². The van der Waals surface area contributed by atoms with Gasteiger partial charge in [0.1, 0.15) is 11.5 Å². The van der Waals surface area contributed by atoms with Gasteiger partial charge in [0.2, 0.25) is 0 Å². The van der Waals surface area contributed by atoms with Crippen molar-refractivity contribution in [2.45, 2.75) is 19.1 Å². The van der Waals surface area contributed by atoms with E-state index < -0.39 is 6.10 Å². The van der Waals surface area contributed by atoms with Crippen molar-refractivity contribution in [3.8, 4) is 11.5 Å². The number of β-amino-alcohol motifs (C(OH)–C–C–N with tert-alkyl or cyclic N) is 1. The Hall–Kier alpha value is -2.58. The van der Waals surface area contributed by atoms with Crippen LogP contribution in [0.4, 0.5) is 5.82 Å². The molecular weight excluding hydrogens is 330 g/mol. The second-order valence-corrected chi connectivity index (χ2v) is 7.00. The highest BCUT2D eigenvalue weighted by Crippen LogP contribution is 2.31. The van der Waals surface area contributed by atoms with Gasteiger partial charge in [0.05, 0.1) is 23.2 Å². The number of aliphatic hydroxyl groups excluding tert-OH is 1. The number of anilines is 1. The predicted octanol–water partition coefficient (Wildman–Crippen LogP) is 0.845. The lowest BCUT2D eigenvalue weighted by atomic mass is 10.2. The second kappa shape index (κ2) is 6.30. The summed E-state index contributed by atoms with van der Waals surface area (Å²) in [5.41, 5.74) is 2.38. The molecule has 1 N–H and O–H groups in total. The topological polar surface area (TPSA) is 83.2 Å². The Morgan fingerprint density at radius 1 is 1.19 bits per heavy atom. The predicted molar refractivity (Wildman–Crippen MR) is 100.0 cm³/mol. The van der Waals surface area contributed by atoms with Crippen molar-refractivity contribution >= 4 is 16.9 Å². The van der Waals surface area contributed by atoms with Gasteiger partial charge in [-0.25, -0.2) is 9.97 Å². The molecule has 8 heteroatoms. The lowest BCUT2D eigenvalue weighted by molar-refractivity contribution is 0.114. The zero-order valence-electron chi connectivity index (χ0n) is 15.5. The van der Waals surface area contributed by atoms with Gasteiger partial charge in [0, 0.05) is 26.3 Å². The molecule has 1 aliphatic rings. The van der Waals surface area contributed by atoms with Crippen molar-refractivity contribution in [1.29, 1.82) is 0 Å². The van der Waals surface area contributed by atoms with Crippen LogP contribution in [0.25, 0.3) is 22.6 Å². The molecule has 0 unspecified atom stereocenters. The first-order chi connectivity index (χ1) is 12.5. The third kappa shape index (κ3) is 2.71. The molecule has 4 rings (SSSR count). The quantitative estimate of drug-likeness (QED) is 0.747. The molecule has 0 aromatic carbocycles. The van der Waals surface area contributed by atoms with Gasteiger partial charge in [-0.2, -0.15) is 5.10 Å². The van der Waals surface area contributed by atoms with Gasteiger partial charge in [-0.1, -0.05) is 6.07 Å². The number of nitrogens with zero attached hydrogens (tertiary/aromatic N) is 7. The summed E-state index contributed by atoms with van der Waals surface area (Å²) in [5, 5.41) is 15.9. The van der Waals surface area contributed by atoms with Crippen LogP contribution >= 0.6 is 0 Å². The number of fused-ring (bicyclic) bond motifs is 1. The van der Waals surface area contributed by atoms with Crippen molar-refractivity contribution < 1.29 is 5.11 Å². The van der Waals surface area contributed by atoms with Crippen LogP contribution in [-0.4, -0.2) is 74.1 Å². The summed E-state index contributed by atoms with van der Waals surface area (Å²) in [5.74, 6) is 1.38. The monoisotopic (exact) mass is 353 g/mol. The van der Waals surface area contributed by atoms with Crippen molar-refractivity contribution in [3.63, 3.8) is 0 Å². The molecule has 0 amide bonds. The molecule has 0 aliphatic carbocycles. The summed E-state index contributed by atoms with van der Waals surface area (Å²) in [4.78, 5) is 18.1. The summed E-state index contributed by atoms with van der Waals surface area (Å²) in [7, 11) is 5.86. The first kappa shape index (κ1) is 16.9. The smallest absolute Gasteiger partial charge is 0.182 e. The Kier molecular flexibility index (Phi) is 4.08. The molecule has 0 saturated carbocycles. The fourth-order valence-electron chi connectivity index (χ4n) is 3.61. The fraction of sp³-hybridized carbons (Fsp3) is 0.444. The number of hydrogen-bond acceptors (Lipinski definition) is 7. The molecule has 1 fully saturated rings. The van der Waals surface area contributed by atoms with E-state index >= 15 is 0 Å². The molecule has 3 aromatic rings. The van der Waals surface area contributed by atoms with E-state index in [2.05, 4.69) is 19.9 Å². The van der Waals surface area contributed by atoms with Gasteiger partial charge >= 0.3 is 0 Å². The summed E-state index contributed by atoms with van der Waals surface area (Å²) in [6.45, 7) is 3.20. The van der Waals surface area contributed by atoms with E-state index in [0.717, 1.165) is 28.2 Å². The Morgan fingerprint density at radius 3 is 2.65 bits per heavy atom. The zero-order valence-corrected chi connectivity index (χ0v) is 15.5. The van der Waals surface area contributed by atoms with Crippen LogP contribution in [0.3, 0.4) is 0 Å². The van der Waals surface area contributed by atoms with Crippen LogP contribution in [0.15, 0.2) is 24.4 Å². The first-order valence-corrected chi connectivity index (χ1v) is 8.68. The lowest BCUT2D eigenvalue weighted by Crippen LogP contribution is -2.38. The van der Waals surface area contributed by atoms with Crippen LogP contribution < -0.4 is 4.90 Å². The second-order valence-electron chi connectivity index (χ2n) is 7.00. The van der Waals surface area contributed by atoms with E-state index in [4.69, 9.17) is 9.97 Å². The highest BCUT2D eigenvalue weighted by molar-refractivity contribution is 5.91. The minimum atomic E-state index is -0.426. The normalized spacial score (nSPS) is 20.5. The van der Waals surface area contributed by atoms with E-state index in [1.165, 1.54) is 0 Å². The third-order valence-electron chi connectivity index (χ3n) is 4.96. The standard InChI is InChI=1S/C18H23N7O/c1-11-15-17(24(4)22-11)20-16(12-7-5-6-8-19-12)21-18(15)25-9-13(23(2)3)14(26)10-25/h5-8,13-14,26H,9-10H2,1-4H3/t13-,14-/m1/s1. The minimum absolute atomic E-state index is 0.0651. The van der Waals surface area contributed by atoms with Crippen molar-refractivity contribution in [2.24, 2.45) is 7.05 Å². The van der Waals surface area contributed by atoms with Gasteiger partial charge < -0.3 is 14.9 Å². The highest BCUT2D eigenvalue weighted by atomic mass is 16.3. The molecule has 1 aliphatic heterocycles. The number of aryl methyl sites for hydroxylation is 2. The van der Waals surface area contributed by atoms with Crippen LogP contribution in [0.2, 0.25) is 0 Å². The lowest BCUT2D eigenvalue weighted by Gasteiger charge is -2.22. The molecule has 3 aromatic heterocycles. The summed E-state index contributed by atoms with van der Waals surface area (Å²) < 4.78 is 1.78. The molecule has 0 bridgehead atoms. The number of aliphatic hydroxyl groups is 1. The summed E-state index contributed by atoms with van der Waals surface area (Å²) >= 11 is 0. The maximum atomic E-state index is 10.5. The number of hydrogen-bond donors (Lipinski definition) is 1. The molecular formula is C18H23N7O. The Balaban J connectivity index is 1.88. The first-order valence-electron chi connectivity index (χ1n) is 8.68. The third-order valence-corrected chi connectivity index (χ3v) is 4.96. The SMILES string of the molecule is Cc1nn(C)c2nc(-c3ccccn3)nc(N3C[C@@H](O)[C@H](N(C)C)C3)c12. The van der Waals surface area contributed by atoms with E-state index in [9.17, 15) is 5.11 Å². The molecule has 8 nitrogen and oxygen atoms in total. The van der Waals surface area contributed by atoms with Gasteiger partial charge in [-0.3, -0.25) is 9.67 Å². The Labute approximate surface area is 152 Å². The molecule has 136 valence electrons. The van der Waals surface area contributed by atoms with Crippen LogP contribution in [0, 0.1) is 6.92 Å². The molecule has 4 heterocycles. The molecule has 0 spiro atoms. The van der Waals surface area contributed by atoms with Gasteiger partial charge in [-0.15, -0.1) is 0 Å². The maximum absolute atomic E-state index is 10.5. The van der Waals surface area contributed by atoms with Gasteiger partial charge in [0.25, 0.3) is 0 Å². The van der Waals surface area contributed by atoms with Crippen LogP contribution in [0.1, 0.15) is 5.69 Å². The zero-order chi connectivity index (χ0) is 18.4. The summed E-state index contributed by atoms with van der Waals surface area (Å²) in [6, 6.07) is 5.76. The van der Waals surface area contributed by atoms with Crippen molar-refractivity contribution in [1.82, 2.24) is 29.6 Å². The van der Waals surface area contributed by atoms with E-state index in [1.54, 1.807) is 10.9 Å². The number of rotatable bonds is 3. The minimum Gasteiger partial charge on any atom is -0.390 e. The fourth-order valence-corrected chi connectivity index (χ4v) is 3.61. The molecule has 0 radical (unpaired) electrons. The van der Waals surface area contributed by atoms with E-state index in [1.807, 2.05) is 46.3 Å². The van der Waals surface area contributed by atoms with Gasteiger partial charge in [0.15, 0.2) is 11.5 Å². The average molecular weight is 353 g/mol. The molecule has 26 heavy (non-hydrogen) atoms. The van der Waals surface area contributed by atoms with E-state index in [0.29, 0.717) is 18.9 Å². The molecule has 2 atom stereocenters. The average Bonchev–Trinajstić information content (AvgIpc) is 3.15. The summed E-state index contributed by atoms with van der Waals surface area (Å²) in [6.07, 6.45) is 1.31. The Bertz CT molecular complexity index is 938. The number of aromatic nitrogens is 5.